The van der Waals surface area contributed by atoms with Gasteiger partial charge >= 0.3 is 0 Å². The van der Waals surface area contributed by atoms with Gasteiger partial charge in [0.2, 0.25) is 11.7 Å². The second-order valence-electron chi connectivity index (χ2n) is 12.1. The molecule has 2 saturated heterocycles. The Labute approximate surface area is 234 Å². The van der Waals surface area contributed by atoms with Crippen LogP contribution in [0.3, 0.4) is 0 Å². The maximum absolute atomic E-state index is 12.1. The van der Waals surface area contributed by atoms with Crippen molar-refractivity contribution in [3.8, 4) is 11.5 Å². The predicted molar refractivity (Wildman–Crippen MR) is 138 cm³/mol. The first kappa shape index (κ1) is 25.9. The number of aryl methyl sites for hydroxylation is 1. The average molecular weight is 572 g/mol. The lowest BCUT2D eigenvalue weighted by molar-refractivity contribution is -0.368. The van der Waals surface area contributed by atoms with Gasteiger partial charge in [0.25, 0.3) is 0 Å². The Hall–Kier alpha value is -2.82. The van der Waals surface area contributed by atoms with Crippen LogP contribution in [0.15, 0.2) is 24.3 Å². The average Bonchev–Trinajstić information content (AvgIpc) is 3.53. The van der Waals surface area contributed by atoms with Crippen LogP contribution in [-0.2, 0) is 27.9 Å². The number of fused-ring (bicyclic) bond motifs is 1. The summed E-state index contributed by atoms with van der Waals surface area (Å²) in [5, 5.41) is 72.4. The highest BCUT2D eigenvalue weighted by molar-refractivity contribution is 5.62. The van der Waals surface area contributed by atoms with Gasteiger partial charge in [-0.3, -0.25) is 0 Å². The summed E-state index contributed by atoms with van der Waals surface area (Å²) in [6, 6.07) is 3.67. The number of anilines is 1. The molecular formula is C27H33N5O9. The lowest BCUT2D eigenvalue weighted by atomic mass is 9.52. The summed E-state index contributed by atoms with van der Waals surface area (Å²) < 4.78 is 19.9. The third kappa shape index (κ3) is 3.41. The third-order valence-electron chi connectivity index (χ3n) is 9.92. The molecule has 14 nitrogen and oxygen atoms in total. The minimum atomic E-state index is -2.12. The molecule has 1 aromatic heterocycles. The fourth-order valence-corrected chi connectivity index (χ4v) is 7.92. The molecule has 1 spiro atoms. The first-order chi connectivity index (χ1) is 19.6. The molecule has 8 rings (SSSR count). The van der Waals surface area contributed by atoms with Crippen molar-refractivity contribution in [2.45, 2.75) is 86.1 Å². The predicted octanol–water partition coefficient (Wildman–Crippen LogP) is -1.55. The molecule has 0 radical (unpaired) electrons. The molecule has 0 saturated carbocycles. The number of likely N-dealkylation sites (N-methyl/N-ethyl adjacent to an activating group) is 1. The van der Waals surface area contributed by atoms with Gasteiger partial charge in [0.1, 0.15) is 24.5 Å². The summed E-state index contributed by atoms with van der Waals surface area (Å²) in [5.41, 5.74) is 1.23. The summed E-state index contributed by atoms with van der Waals surface area (Å²) in [4.78, 5) is 6.62. The maximum atomic E-state index is 12.1. The van der Waals surface area contributed by atoms with E-state index in [0.717, 1.165) is 24.1 Å². The number of phenolic OH excluding ortho intramolecular Hbond substituents is 1. The van der Waals surface area contributed by atoms with Crippen LogP contribution in [0.5, 0.6) is 11.5 Å². The van der Waals surface area contributed by atoms with Crippen LogP contribution in [0.25, 0.3) is 0 Å². The van der Waals surface area contributed by atoms with E-state index in [-0.39, 0.29) is 29.5 Å². The third-order valence-corrected chi connectivity index (χ3v) is 9.92. The maximum Gasteiger partial charge on any atom is 0.227 e. The molecular weight excluding hydrogens is 538 g/mol. The molecule has 2 fully saturated rings. The molecule has 7 N–H and O–H groups in total. The molecule has 220 valence electrons. The Kier molecular flexibility index (Phi) is 5.43. The fourth-order valence-electron chi connectivity index (χ4n) is 7.92. The van der Waals surface area contributed by atoms with E-state index >= 15 is 0 Å². The SMILES string of the molecule is CN1CC[C@]23c4c5ccc(O)c4O[C@H]2[C@@](O)(O[C@@H]2OC(c4nc6n(n4)CCC(O)N6)[C@@H](O)[C@H](O)[C@H]2O)C=C[C@H]3[C@H]1C5. The van der Waals surface area contributed by atoms with Gasteiger partial charge in [-0.25, -0.2) is 4.68 Å². The van der Waals surface area contributed by atoms with Crippen molar-refractivity contribution in [1.82, 2.24) is 19.7 Å². The summed E-state index contributed by atoms with van der Waals surface area (Å²) >= 11 is 0. The van der Waals surface area contributed by atoms with Gasteiger partial charge in [0, 0.05) is 30.5 Å². The largest absolute Gasteiger partial charge is 0.504 e. The first-order valence-electron chi connectivity index (χ1n) is 14.0. The lowest BCUT2D eigenvalue weighted by Crippen LogP contribution is -2.69. The van der Waals surface area contributed by atoms with E-state index < -0.39 is 54.2 Å². The second kappa shape index (κ2) is 8.61. The highest BCUT2D eigenvalue weighted by Gasteiger charge is 2.69. The summed E-state index contributed by atoms with van der Waals surface area (Å²) in [6.07, 6.45) is -4.50. The monoisotopic (exact) mass is 571 g/mol. The molecule has 2 unspecified atom stereocenters. The zero-order chi connectivity index (χ0) is 28.4. The Balaban J connectivity index is 1.15. The van der Waals surface area contributed by atoms with E-state index in [1.54, 1.807) is 6.07 Å². The number of ether oxygens (including phenoxy) is 3. The molecule has 41 heavy (non-hydrogen) atoms. The van der Waals surface area contributed by atoms with Gasteiger partial charge in [-0.05, 0) is 44.1 Å². The van der Waals surface area contributed by atoms with Crippen molar-refractivity contribution in [2.24, 2.45) is 5.92 Å². The highest BCUT2D eigenvalue weighted by atomic mass is 16.8. The van der Waals surface area contributed by atoms with E-state index in [2.05, 4.69) is 27.3 Å². The Morgan fingerprint density at radius 2 is 1.95 bits per heavy atom. The van der Waals surface area contributed by atoms with Crippen LogP contribution >= 0.6 is 0 Å². The van der Waals surface area contributed by atoms with E-state index in [4.69, 9.17) is 14.2 Å². The number of nitrogens with one attached hydrogen (secondary N) is 1. The van der Waals surface area contributed by atoms with E-state index in [9.17, 15) is 30.6 Å². The van der Waals surface area contributed by atoms with Gasteiger partial charge < -0.3 is 55.1 Å². The molecule has 6 aliphatic rings. The number of piperidine rings is 1. The molecule has 2 aliphatic carbocycles. The number of benzene rings is 1. The smallest absolute Gasteiger partial charge is 0.227 e. The number of aromatic hydroxyl groups is 1. The molecule has 11 atom stereocenters. The topological polar surface area (TPSA) is 195 Å². The summed E-state index contributed by atoms with van der Waals surface area (Å²) in [5.74, 6) is -1.55. The quantitative estimate of drug-likeness (QED) is 0.165. The zero-order valence-electron chi connectivity index (χ0n) is 22.2. The number of likely N-dealkylation sites (tertiary alicyclic amines) is 1. The van der Waals surface area contributed by atoms with Gasteiger partial charge in [-0.15, -0.1) is 0 Å². The van der Waals surface area contributed by atoms with Gasteiger partial charge in [-0.1, -0.05) is 12.1 Å². The zero-order valence-corrected chi connectivity index (χ0v) is 22.2. The molecule has 4 aliphatic heterocycles. The van der Waals surface area contributed by atoms with Crippen LogP contribution < -0.4 is 10.1 Å². The summed E-state index contributed by atoms with van der Waals surface area (Å²) in [6.45, 7) is 1.12. The molecule has 5 heterocycles. The number of aliphatic hydroxyl groups is 5. The molecule has 14 heteroatoms. The highest BCUT2D eigenvalue weighted by Crippen LogP contribution is 2.64. The molecule has 1 aromatic carbocycles. The molecule has 2 bridgehead atoms. The number of aromatic nitrogens is 3. The van der Waals surface area contributed by atoms with E-state index in [1.165, 1.54) is 10.8 Å². The van der Waals surface area contributed by atoms with E-state index in [0.29, 0.717) is 25.1 Å². The van der Waals surface area contributed by atoms with Gasteiger partial charge in [0.15, 0.2) is 35.8 Å². The van der Waals surface area contributed by atoms with Gasteiger partial charge in [0.05, 0.1) is 5.41 Å². The van der Waals surface area contributed by atoms with E-state index in [1.807, 2.05) is 12.1 Å². The number of aliphatic hydroxyl groups excluding tert-OH is 4. The van der Waals surface area contributed by atoms with Crippen LogP contribution in [0, 0.1) is 5.92 Å². The Morgan fingerprint density at radius 1 is 1.12 bits per heavy atom. The number of nitrogens with zero attached hydrogens (tertiary/aromatic N) is 4. The second-order valence-corrected chi connectivity index (χ2v) is 12.1. The van der Waals surface area contributed by atoms with Crippen molar-refractivity contribution in [1.29, 1.82) is 0 Å². The van der Waals surface area contributed by atoms with Crippen molar-refractivity contribution < 1.29 is 44.8 Å². The molecule has 2 aromatic rings. The van der Waals surface area contributed by atoms with Crippen molar-refractivity contribution in [3.05, 3.63) is 41.2 Å². The number of hydrogen-bond donors (Lipinski definition) is 7. The lowest BCUT2D eigenvalue weighted by Gasteiger charge is -2.58. The number of phenols is 1. The number of rotatable bonds is 3. The van der Waals surface area contributed by atoms with Crippen molar-refractivity contribution in [2.75, 3.05) is 18.9 Å². The summed E-state index contributed by atoms with van der Waals surface area (Å²) in [7, 11) is 2.08. The minimum Gasteiger partial charge on any atom is -0.504 e. The Bertz CT molecular complexity index is 1440. The number of hydrogen-bond acceptors (Lipinski definition) is 13. The normalized spacial score (nSPS) is 44.1. The molecule has 0 amide bonds. The minimum absolute atomic E-state index is 0.0167. The van der Waals surface area contributed by atoms with Gasteiger partial charge in [-0.2, -0.15) is 10.1 Å². The van der Waals surface area contributed by atoms with Crippen molar-refractivity contribution in [3.63, 3.8) is 0 Å². The van der Waals surface area contributed by atoms with Crippen LogP contribution in [0.4, 0.5) is 5.95 Å². The van der Waals surface area contributed by atoms with Crippen LogP contribution in [0.1, 0.15) is 35.9 Å². The van der Waals surface area contributed by atoms with Crippen LogP contribution in [-0.4, -0.2) is 113 Å². The Morgan fingerprint density at radius 3 is 2.78 bits per heavy atom. The van der Waals surface area contributed by atoms with Crippen LogP contribution in [0.2, 0.25) is 0 Å². The van der Waals surface area contributed by atoms with Crippen molar-refractivity contribution >= 4 is 5.95 Å². The first-order valence-corrected chi connectivity index (χ1v) is 14.0. The standard InChI is InChI=1S/C27H33N5O9/c1-31-9-7-26-12-4-6-27(38,24(26)40-20-14(33)3-2-11(16(20)26)10-13(12)31)41-23-19(37)17(35)18(36)21(39-23)22-29-25-28-15(34)5-8-32(25)30-22/h2-4,6,12-13,15,17-19,21,23-24,33-38H,5,7-10H2,1H3,(H,28,29,30)/t12-,13+,15?,17-,18-,19+,21?,23-,24+,26-,27-/m0/s1. The fraction of sp³-hybridized carbons (Fsp3) is 0.630.